The molecule has 2 nitrogen and oxygen atoms in total. The van der Waals surface area contributed by atoms with Crippen molar-refractivity contribution in [2.45, 2.75) is 38.5 Å². The Kier molecular flexibility index (Phi) is 3.34. The molecule has 4 N–H and O–H groups in total. The highest BCUT2D eigenvalue weighted by molar-refractivity contribution is 4.87. The third-order valence-corrected chi connectivity index (χ3v) is 3.00. The van der Waals surface area contributed by atoms with Gasteiger partial charge in [0.1, 0.15) is 0 Å². The van der Waals surface area contributed by atoms with Crippen LogP contribution in [0.2, 0.25) is 0 Å². The standard InChI is InChI=1S/C9H20N2/c10-7-2-5-9(6-8-11)3-1-4-9/h1-8,10-11H2. The SMILES string of the molecule is NCCCC1(CCN)CCC1. The van der Waals surface area contributed by atoms with Gasteiger partial charge in [0.05, 0.1) is 0 Å². The maximum atomic E-state index is 5.56. The highest BCUT2D eigenvalue weighted by Gasteiger charge is 2.34. The van der Waals surface area contributed by atoms with Gasteiger partial charge in [0.2, 0.25) is 0 Å². The largest absolute Gasteiger partial charge is 0.330 e. The first-order valence-corrected chi connectivity index (χ1v) is 4.73. The van der Waals surface area contributed by atoms with Gasteiger partial charge in [0.25, 0.3) is 0 Å². The monoisotopic (exact) mass is 156 g/mol. The van der Waals surface area contributed by atoms with E-state index >= 15 is 0 Å². The van der Waals surface area contributed by atoms with Crippen molar-refractivity contribution in [3.63, 3.8) is 0 Å². The Balaban J connectivity index is 2.22. The van der Waals surface area contributed by atoms with Gasteiger partial charge in [0.15, 0.2) is 0 Å². The summed E-state index contributed by atoms with van der Waals surface area (Å²) in [6.45, 7) is 1.69. The molecule has 0 bridgehead atoms. The van der Waals surface area contributed by atoms with Crippen molar-refractivity contribution in [3.05, 3.63) is 0 Å². The molecule has 0 spiro atoms. The first kappa shape index (κ1) is 9.01. The minimum Gasteiger partial charge on any atom is -0.330 e. The molecule has 1 fully saturated rings. The van der Waals surface area contributed by atoms with Crippen molar-refractivity contribution >= 4 is 0 Å². The van der Waals surface area contributed by atoms with E-state index in [1.807, 2.05) is 0 Å². The third-order valence-electron chi connectivity index (χ3n) is 3.00. The smallest absolute Gasteiger partial charge is 0.00720 e. The van der Waals surface area contributed by atoms with Gasteiger partial charge in [-0.05, 0) is 50.6 Å². The average molecular weight is 156 g/mol. The predicted molar refractivity (Wildman–Crippen MR) is 48.2 cm³/mol. The second kappa shape index (κ2) is 4.07. The van der Waals surface area contributed by atoms with Gasteiger partial charge in [-0.25, -0.2) is 0 Å². The van der Waals surface area contributed by atoms with Crippen LogP contribution in [-0.2, 0) is 0 Å². The Morgan fingerprint density at radius 1 is 1.00 bits per heavy atom. The summed E-state index contributed by atoms with van der Waals surface area (Å²) in [7, 11) is 0. The lowest BCUT2D eigenvalue weighted by Gasteiger charge is -2.42. The van der Waals surface area contributed by atoms with Gasteiger partial charge in [0, 0.05) is 0 Å². The Morgan fingerprint density at radius 3 is 2.09 bits per heavy atom. The minimum absolute atomic E-state index is 0.619. The van der Waals surface area contributed by atoms with Gasteiger partial charge in [-0.3, -0.25) is 0 Å². The van der Waals surface area contributed by atoms with Crippen LogP contribution in [0.4, 0.5) is 0 Å². The van der Waals surface area contributed by atoms with E-state index < -0.39 is 0 Å². The lowest BCUT2D eigenvalue weighted by atomic mass is 9.64. The van der Waals surface area contributed by atoms with Crippen LogP contribution in [0.5, 0.6) is 0 Å². The summed E-state index contributed by atoms with van der Waals surface area (Å²) < 4.78 is 0. The summed E-state index contributed by atoms with van der Waals surface area (Å²) in [6, 6.07) is 0. The molecule has 0 aromatic rings. The summed E-state index contributed by atoms with van der Waals surface area (Å²) >= 11 is 0. The highest BCUT2D eigenvalue weighted by Crippen LogP contribution is 2.47. The molecule has 0 heterocycles. The summed E-state index contributed by atoms with van der Waals surface area (Å²) in [5, 5.41) is 0. The lowest BCUT2D eigenvalue weighted by Crippen LogP contribution is -2.32. The molecule has 0 radical (unpaired) electrons. The number of hydrogen-bond acceptors (Lipinski definition) is 2. The summed E-state index contributed by atoms with van der Waals surface area (Å²) in [5.74, 6) is 0. The second-order valence-electron chi connectivity index (χ2n) is 3.78. The molecule has 1 aliphatic carbocycles. The van der Waals surface area contributed by atoms with Crippen LogP contribution in [0.3, 0.4) is 0 Å². The fraction of sp³-hybridized carbons (Fsp3) is 1.00. The van der Waals surface area contributed by atoms with E-state index in [0.29, 0.717) is 5.41 Å². The van der Waals surface area contributed by atoms with Crippen molar-refractivity contribution < 1.29 is 0 Å². The van der Waals surface area contributed by atoms with E-state index in [1.54, 1.807) is 0 Å². The second-order valence-corrected chi connectivity index (χ2v) is 3.78. The van der Waals surface area contributed by atoms with E-state index in [2.05, 4.69) is 0 Å². The molecule has 0 atom stereocenters. The molecule has 1 aliphatic rings. The normalized spacial score (nSPS) is 21.3. The van der Waals surface area contributed by atoms with Crippen LogP contribution >= 0.6 is 0 Å². The fourth-order valence-corrected chi connectivity index (χ4v) is 2.09. The topological polar surface area (TPSA) is 52.0 Å². The molecule has 0 aliphatic heterocycles. The molecule has 0 aromatic heterocycles. The minimum atomic E-state index is 0.619. The molecule has 1 rings (SSSR count). The predicted octanol–water partition coefficient (Wildman–Crippen LogP) is 1.24. The average Bonchev–Trinajstić information content (AvgIpc) is 1.95. The molecule has 11 heavy (non-hydrogen) atoms. The summed E-state index contributed by atoms with van der Waals surface area (Å²) in [5.41, 5.74) is 11.7. The highest BCUT2D eigenvalue weighted by atomic mass is 14.6. The Morgan fingerprint density at radius 2 is 1.73 bits per heavy atom. The van der Waals surface area contributed by atoms with E-state index in [1.165, 1.54) is 38.5 Å². The quantitative estimate of drug-likeness (QED) is 0.629. The maximum absolute atomic E-state index is 5.56. The zero-order valence-electron chi connectivity index (χ0n) is 7.31. The van der Waals surface area contributed by atoms with Crippen LogP contribution in [0.15, 0.2) is 0 Å². The van der Waals surface area contributed by atoms with Crippen molar-refractivity contribution in [2.75, 3.05) is 13.1 Å². The first-order chi connectivity index (χ1) is 5.33. The van der Waals surface area contributed by atoms with Crippen LogP contribution in [0.25, 0.3) is 0 Å². The third kappa shape index (κ3) is 2.17. The zero-order chi connectivity index (χ0) is 8.16. The maximum Gasteiger partial charge on any atom is -0.00720 e. The summed E-state index contributed by atoms with van der Waals surface area (Å²) in [4.78, 5) is 0. The van der Waals surface area contributed by atoms with Gasteiger partial charge < -0.3 is 11.5 Å². The molecular formula is C9H20N2. The van der Waals surface area contributed by atoms with Gasteiger partial charge in [-0.15, -0.1) is 0 Å². The van der Waals surface area contributed by atoms with Crippen LogP contribution in [-0.4, -0.2) is 13.1 Å². The van der Waals surface area contributed by atoms with Gasteiger partial charge in [-0.2, -0.15) is 0 Å². The zero-order valence-corrected chi connectivity index (χ0v) is 7.31. The molecule has 0 unspecified atom stereocenters. The summed E-state index contributed by atoms with van der Waals surface area (Å²) in [6.07, 6.45) is 7.90. The van der Waals surface area contributed by atoms with Crippen molar-refractivity contribution in [2.24, 2.45) is 16.9 Å². The molecular weight excluding hydrogens is 136 g/mol. The Bertz CT molecular complexity index is 108. The fourth-order valence-electron chi connectivity index (χ4n) is 2.09. The van der Waals surface area contributed by atoms with E-state index in [4.69, 9.17) is 11.5 Å². The van der Waals surface area contributed by atoms with Crippen molar-refractivity contribution in [3.8, 4) is 0 Å². The van der Waals surface area contributed by atoms with Crippen LogP contribution in [0.1, 0.15) is 38.5 Å². The number of hydrogen-bond donors (Lipinski definition) is 2. The molecule has 0 aromatic carbocycles. The van der Waals surface area contributed by atoms with E-state index in [9.17, 15) is 0 Å². The Labute approximate surface area is 69.3 Å². The van der Waals surface area contributed by atoms with Gasteiger partial charge >= 0.3 is 0 Å². The van der Waals surface area contributed by atoms with Crippen LogP contribution in [0, 0.1) is 5.41 Å². The molecule has 0 amide bonds. The Hall–Kier alpha value is -0.0800. The lowest BCUT2D eigenvalue weighted by molar-refractivity contribution is 0.107. The molecule has 0 saturated heterocycles. The molecule has 1 saturated carbocycles. The number of nitrogens with two attached hydrogens (primary N) is 2. The van der Waals surface area contributed by atoms with E-state index in [-0.39, 0.29) is 0 Å². The molecule has 66 valence electrons. The van der Waals surface area contributed by atoms with E-state index in [0.717, 1.165) is 13.1 Å². The van der Waals surface area contributed by atoms with Crippen molar-refractivity contribution in [1.82, 2.24) is 0 Å². The molecule has 2 heteroatoms. The van der Waals surface area contributed by atoms with Crippen LogP contribution < -0.4 is 11.5 Å². The number of rotatable bonds is 5. The first-order valence-electron chi connectivity index (χ1n) is 4.73. The van der Waals surface area contributed by atoms with Gasteiger partial charge in [-0.1, -0.05) is 6.42 Å². The van der Waals surface area contributed by atoms with Crippen molar-refractivity contribution in [1.29, 1.82) is 0 Å².